The number of aliphatic hydroxyl groups excluding tert-OH is 1. The largest absolute Gasteiger partial charge is 0.463 e. The highest BCUT2D eigenvalue weighted by Crippen LogP contribution is 2.16. The van der Waals surface area contributed by atoms with Crippen molar-refractivity contribution in [2.45, 2.75) is 45.6 Å². The maximum atomic E-state index is 13.0. The fourth-order valence-corrected chi connectivity index (χ4v) is 3.56. The summed E-state index contributed by atoms with van der Waals surface area (Å²) < 4.78 is 10.7. The van der Waals surface area contributed by atoms with Crippen molar-refractivity contribution in [2.75, 3.05) is 33.0 Å². The van der Waals surface area contributed by atoms with E-state index >= 15 is 0 Å². The molecule has 0 saturated heterocycles. The summed E-state index contributed by atoms with van der Waals surface area (Å²) in [5.41, 5.74) is 1.04. The van der Waals surface area contributed by atoms with Gasteiger partial charge in [0.15, 0.2) is 0 Å². The minimum absolute atomic E-state index is 0.000933. The molecule has 0 bridgehead atoms. The number of carbonyl (C=O) groups excluding carboxylic acids is 3. The van der Waals surface area contributed by atoms with Crippen LogP contribution >= 0.6 is 0 Å². The summed E-state index contributed by atoms with van der Waals surface area (Å²) in [6.45, 7) is 12.1. The molecule has 0 heterocycles. The lowest BCUT2D eigenvalue weighted by molar-refractivity contribution is -0.150. The van der Waals surface area contributed by atoms with Gasteiger partial charge in [-0.15, -0.1) is 13.2 Å². The Bertz CT molecular complexity index is 812. The van der Waals surface area contributed by atoms with Gasteiger partial charge in [-0.25, -0.2) is 0 Å². The van der Waals surface area contributed by atoms with Crippen LogP contribution in [0.25, 0.3) is 0 Å². The second-order valence-corrected chi connectivity index (χ2v) is 9.01. The van der Waals surface area contributed by atoms with E-state index in [9.17, 15) is 14.4 Å². The lowest BCUT2D eigenvalue weighted by Crippen LogP contribution is -2.46. The number of carbonyl (C=O) groups is 3. The van der Waals surface area contributed by atoms with Crippen LogP contribution in [0.3, 0.4) is 0 Å². The summed E-state index contributed by atoms with van der Waals surface area (Å²) in [7, 11) is 0. The van der Waals surface area contributed by atoms with Crippen LogP contribution in [-0.4, -0.2) is 61.9 Å². The molecule has 0 saturated carbocycles. The first-order valence-electron chi connectivity index (χ1n) is 12.5. The average Bonchev–Trinajstić information content (AvgIpc) is 2.86. The quantitative estimate of drug-likeness (QED) is 0.152. The number of nitrogens with one attached hydrogen (secondary N) is 2. The van der Waals surface area contributed by atoms with Gasteiger partial charge in [0.2, 0.25) is 11.8 Å². The molecule has 36 heavy (non-hydrogen) atoms. The Balaban J connectivity index is 2.66. The van der Waals surface area contributed by atoms with Crippen molar-refractivity contribution in [1.29, 1.82) is 0 Å². The van der Waals surface area contributed by atoms with Crippen molar-refractivity contribution in [2.24, 2.45) is 17.8 Å². The third-order valence-electron chi connectivity index (χ3n) is 5.70. The van der Waals surface area contributed by atoms with Gasteiger partial charge in [0.05, 0.1) is 37.7 Å². The van der Waals surface area contributed by atoms with Gasteiger partial charge in [0, 0.05) is 13.0 Å². The molecule has 1 rings (SSSR count). The average molecular weight is 503 g/mol. The number of benzene rings is 1. The zero-order chi connectivity index (χ0) is 26.8. The summed E-state index contributed by atoms with van der Waals surface area (Å²) in [4.78, 5) is 38.1. The zero-order valence-electron chi connectivity index (χ0n) is 21.6. The first kappa shape index (κ1) is 31.1. The highest BCUT2D eigenvalue weighted by Gasteiger charge is 2.27. The topological polar surface area (TPSA) is 114 Å². The number of ether oxygens (including phenoxy) is 2. The molecular weight excluding hydrogens is 460 g/mol. The first-order valence-corrected chi connectivity index (χ1v) is 12.5. The van der Waals surface area contributed by atoms with Crippen LogP contribution in [0.2, 0.25) is 0 Å². The normalized spacial score (nSPS) is 13.3. The van der Waals surface area contributed by atoms with Gasteiger partial charge in [-0.1, -0.05) is 56.3 Å². The Hall–Kier alpha value is -2.97. The summed E-state index contributed by atoms with van der Waals surface area (Å²) in [5, 5.41) is 14.4. The van der Waals surface area contributed by atoms with Crippen molar-refractivity contribution >= 4 is 17.8 Å². The van der Waals surface area contributed by atoms with Crippen LogP contribution < -0.4 is 10.6 Å². The number of hydrogen-bond donors (Lipinski definition) is 3. The SMILES string of the molecule is C=CC[C@H](CC(=O)NCCOCCO)C(=O)N[C@H](COC(=O)[C@@H](CC=C)Cc1ccccc1)C(C)C. The second-order valence-electron chi connectivity index (χ2n) is 9.01. The Morgan fingerprint density at radius 2 is 1.69 bits per heavy atom. The monoisotopic (exact) mass is 502 g/mol. The molecule has 0 aliphatic heterocycles. The standard InChI is InChI=1S/C28H42N2O6/c1-5-10-23(19-26(32)29-14-16-35-17-15-31)27(33)30-25(21(3)4)20-36-28(34)24(11-6-2)18-22-12-8-7-9-13-22/h5-9,12-13,21,23-25,31H,1-2,10-11,14-20H2,3-4H3,(H,29,32)(H,30,33)/t23-,24+,25-/m1/s1. The molecule has 0 fully saturated rings. The molecule has 0 aliphatic rings. The lowest BCUT2D eigenvalue weighted by atomic mass is 9.96. The van der Waals surface area contributed by atoms with Crippen molar-refractivity contribution < 1.29 is 29.0 Å². The predicted molar refractivity (Wildman–Crippen MR) is 140 cm³/mol. The van der Waals surface area contributed by atoms with E-state index in [1.165, 1.54) is 0 Å². The molecule has 0 spiro atoms. The van der Waals surface area contributed by atoms with Gasteiger partial charge in [-0.2, -0.15) is 0 Å². The van der Waals surface area contributed by atoms with E-state index < -0.39 is 12.0 Å². The number of esters is 1. The van der Waals surface area contributed by atoms with Crippen LogP contribution in [0.1, 0.15) is 38.7 Å². The third-order valence-corrected chi connectivity index (χ3v) is 5.70. The molecule has 3 atom stereocenters. The summed E-state index contributed by atoms with van der Waals surface area (Å²) in [6, 6.07) is 9.33. The molecule has 0 unspecified atom stereocenters. The van der Waals surface area contributed by atoms with Gasteiger partial charge in [-0.3, -0.25) is 14.4 Å². The van der Waals surface area contributed by atoms with E-state index in [-0.39, 0.29) is 62.5 Å². The number of rotatable bonds is 19. The maximum absolute atomic E-state index is 13.0. The van der Waals surface area contributed by atoms with E-state index in [2.05, 4.69) is 23.8 Å². The van der Waals surface area contributed by atoms with Crippen molar-refractivity contribution in [3.05, 3.63) is 61.2 Å². The number of aliphatic hydroxyl groups is 1. The fraction of sp³-hybridized carbons (Fsp3) is 0.536. The van der Waals surface area contributed by atoms with Gasteiger partial charge < -0.3 is 25.2 Å². The number of allylic oxidation sites excluding steroid dienone is 2. The molecule has 8 nitrogen and oxygen atoms in total. The smallest absolute Gasteiger partial charge is 0.309 e. The zero-order valence-corrected chi connectivity index (χ0v) is 21.6. The van der Waals surface area contributed by atoms with Crippen LogP contribution in [0.5, 0.6) is 0 Å². The van der Waals surface area contributed by atoms with E-state index in [0.29, 0.717) is 25.8 Å². The van der Waals surface area contributed by atoms with E-state index in [0.717, 1.165) is 5.56 Å². The summed E-state index contributed by atoms with van der Waals surface area (Å²) in [6.07, 6.45) is 4.69. The molecule has 1 aromatic carbocycles. The van der Waals surface area contributed by atoms with Gasteiger partial charge >= 0.3 is 5.97 Å². The highest BCUT2D eigenvalue weighted by atomic mass is 16.5. The van der Waals surface area contributed by atoms with Crippen molar-refractivity contribution in [3.8, 4) is 0 Å². The number of amides is 2. The van der Waals surface area contributed by atoms with Gasteiger partial charge in [0.1, 0.15) is 6.61 Å². The van der Waals surface area contributed by atoms with Gasteiger partial charge in [0.25, 0.3) is 0 Å². The minimum Gasteiger partial charge on any atom is -0.463 e. The summed E-state index contributed by atoms with van der Waals surface area (Å²) >= 11 is 0. The molecule has 8 heteroatoms. The van der Waals surface area contributed by atoms with Crippen LogP contribution in [0, 0.1) is 17.8 Å². The molecule has 0 radical (unpaired) electrons. The van der Waals surface area contributed by atoms with E-state index in [4.69, 9.17) is 14.6 Å². The van der Waals surface area contributed by atoms with Crippen molar-refractivity contribution in [3.63, 3.8) is 0 Å². The number of hydrogen-bond acceptors (Lipinski definition) is 6. The lowest BCUT2D eigenvalue weighted by Gasteiger charge is -2.25. The molecule has 0 aliphatic carbocycles. The van der Waals surface area contributed by atoms with E-state index in [1.807, 2.05) is 44.2 Å². The van der Waals surface area contributed by atoms with Crippen LogP contribution in [-0.2, 0) is 30.3 Å². The van der Waals surface area contributed by atoms with Crippen LogP contribution in [0.4, 0.5) is 0 Å². The van der Waals surface area contributed by atoms with Crippen molar-refractivity contribution in [1.82, 2.24) is 10.6 Å². The first-order chi connectivity index (χ1) is 17.3. The molecule has 1 aromatic rings. The Morgan fingerprint density at radius 1 is 1.03 bits per heavy atom. The molecule has 3 N–H and O–H groups in total. The highest BCUT2D eigenvalue weighted by molar-refractivity contribution is 5.86. The minimum atomic E-state index is -0.593. The Kier molecular flexibility index (Phi) is 15.8. The van der Waals surface area contributed by atoms with Gasteiger partial charge in [-0.05, 0) is 30.7 Å². The molecule has 2 amide bonds. The molecule has 200 valence electrons. The molecular formula is C28H42N2O6. The second kappa shape index (κ2) is 18.3. The Labute approximate surface area is 215 Å². The predicted octanol–water partition coefficient (Wildman–Crippen LogP) is 2.81. The maximum Gasteiger partial charge on any atom is 0.309 e. The van der Waals surface area contributed by atoms with Crippen LogP contribution in [0.15, 0.2) is 55.6 Å². The fourth-order valence-electron chi connectivity index (χ4n) is 3.56. The molecule has 0 aromatic heterocycles. The summed E-state index contributed by atoms with van der Waals surface area (Å²) in [5.74, 6) is -1.83. The Morgan fingerprint density at radius 3 is 2.31 bits per heavy atom. The third kappa shape index (κ3) is 12.7. The van der Waals surface area contributed by atoms with E-state index in [1.54, 1.807) is 12.2 Å².